The number of rotatable bonds is 11. The van der Waals surface area contributed by atoms with Gasteiger partial charge < -0.3 is 40.4 Å². The fraction of sp³-hybridized carbons (Fsp3) is 0.0153. The molecule has 0 saturated heterocycles. The number of benzene rings is 16. The second kappa shape index (κ2) is 35.9. The molecule has 15 heterocycles. The summed E-state index contributed by atoms with van der Waals surface area (Å²) < 4.78 is 42.0. The van der Waals surface area contributed by atoms with Crippen LogP contribution >= 0.6 is 0 Å². The number of pyridine rings is 1. The van der Waals surface area contributed by atoms with E-state index < -0.39 is 0 Å². The zero-order valence-electron chi connectivity index (χ0n) is 80.1. The van der Waals surface area contributed by atoms with E-state index in [-0.39, 0.29) is 0 Å². The summed E-state index contributed by atoms with van der Waals surface area (Å²) in [5, 5.41) is 48.9. The van der Waals surface area contributed by atoms with Gasteiger partial charge in [-0.2, -0.15) is 15.3 Å². The average Bonchev–Trinajstić information content (AvgIpc) is 1.57. The van der Waals surface area contributed by atoms with Crippen molar-refractivity contribution in [3.05, 3.63) is 486 Å². The maximum atomic E-state index is 5.75. The highest BCUT2D eigenvalue weighted by Crippen LogP contribution is 2.46. The Morgan fingerprint density at radius 1 is 0.262 bits per heavy atom. The third kappa shape index (κ3) is 14.4. The number of allylic oxidation sites excluding steroid dienone is 4. The minimum absolute atomic E-state index is 0.734. The molecule has 0 atom stereocenters. The van der Waals surface area contributed by atoms with E-state index in [1.54, 1.807) is 49.7 Å². The van der Waals surface area contributed by atoms with E-state index in [0.29, 0.717) is 0 Å². The average molecular weight is 1920 g/mol. The van der Waals surface area contributed by atoms with Crippen molar-refractivity contribution in [1.29, 1.82) is 0 Å². The normalized spacial score (nSPS) is 12.2. The quantitative estimate of drug-likeness (QED) is 0.119. The summed E-state index contributed by atoms with van der Waals surface area (Å²) in [6, 6.07) is 133. The predicted molar refractivity (Wildman–Crippen MR) is 607 cm³/mol. The van der Waals surface area contributed by atoms with Crippen LogP contribution in [0.4, 0.5) is 0 Å². The van der Waals surface area contributed by atoms with Crippen LogP contribution in [0.3, 0.4) is 0 Å². The fourth-order valence-electron chi connectivity index (χ4n) is 22.5. The Labute approximate surface area is 849 Å². The molecular weight excluding hydrogens is 1840 g/mol. The van der Waals surface area contributed by atoms with E-state index in [2.05, 4.69) is 386 Å². The first-order valence-corrected chi connectivity index (χ1v) is 49.6. The predicted octanol–water partition coefficient (Wildman–Crippen LogP) is 34.0. The lowest BCUT2D eigenvalue weighted by atomic mass is 10.0. The van der Waals surface area contributed by atoms with Gasteiger partial charge in [-0.3, -0.25) is 14.1 Å². The Morgan fingerprint density at radius 2 is 0.644 bits per heavy atom. The molecule has 0 aliphatic heterocycles. The Hall–Kier alpha value is -20.4. The molecule has 0 fully saturated rings. The van der Waals surface area contributed by atoms with E-state index >= 15 is 0 Å². The van der Waals surface area contributed by atoms with E-state index in [4.69, 9.17) is 22.1 Å². The summed E-state index contributed by atoms with van der Waals surface area (Å²) in [6.45, 7) is 7.86. The fourth-order valence-corrected chi connectivity index (χ4v) is 22.5. The van der Waals surface area contributed by atoms with Gasteiger partial charge in [-0.25, -0.2) is 0 Å². The Kier molecular flexibility index (Phi) is 20.9. The zero-order valence-corrected chi connectivity index (χ0v) is 80.1. The smallest absolute Gasteiger partial charge is 0.168 e. The molecule has 31 aromatic rings. The zero-order chi connectivity index (χ0) is 98.7. The third-order valence-corrected chi connectivity index (χ3v) is 29.1. The molecule has 0 saturated carbocycles. The van der Waals surface area contributed by atoms with E-state index in [0.717, 1.165) is 191 Å². The topological polar surface area (TPSA) is 186 Å². The maximum absolute atomic E-state index is 5.75. The minimum atomic E-state index is 0.734. The molecule has 0 amide bonds. The molecule has 704 valence electrons. The van der Waals surface area contributed by atoms with Gasteiger partial charge in [0.25, 0.3) is 0 Å². The number of furan rings is 5. The molecule has 0 unspecified atom stereocenters. The van der Waals surface area contributed by atoms with Crippen molar-refractivity contribution in [2.45, 2.75) is 12.8 Å². The molecule has 0 spiro atoms. The van der Waals surface area contributed by atoms with E-state index in [1.807, 2.05) is 110 Å². The molecule has 0 radical (unpaired) electrons. The van der Waals surface area contributed by atoms with Crippen LogP contribution in [0.25, 0.3) is 271 Å². The van der Waals surface area contributed by atoms with Crippen LogP contribution in [0.5, 0.6) is 0 Å². The van der Waals surface area contributed by atoms with Crippen LogP contribution in [0.15, 0.2) is 492 Å². The number of nitrogens with zero attached hydrogens (tertiary/aromatic N) is 13. The van der Waals surface area contributed by atoms with Gasteiger partial charge in [0.15, 0.2) is 11.6 Å². The molecule has 1 aliphatic rings. The second-order valence-electron chi connectivity index (χ2n) is 37.1. The molecule has 18 nitrogen and oxygen atoms in total. The molecule has 32 rings (SSSR count). The van der Waals surface area contributed by atoms with Crippen LogP contribution in [-0.2, 0) is 0 Å². The van der Waals surface area contributed by atoms with Crippen molar-refractivity contribution in [3.8, 4) is 56.8 Å². The molecule has 0 N–H and O–H groups in total. The summed E-state index contributed by atoms with van der Waals surface area (Å²) in [5.41, 5.74) is 30.8. The van der Waals surface area contributed by atoms with Crippen molar-refractivity contribution in [1.82, 2.24) is 63.0 Å². The minimum Gasteiger partial charge on any atom is -0.464 e. The Balaban J connectivity index is 0.0000000900. The van der Waals surface area contributed by atoms with Gasteiger partial charge in [-0.1, -0.05) is 238 Å². The summed E-state index contributed by atoms with van der Waals surface area (Å²) in [4.78, 5) is 4.46. The molecule has 1 aliphatic carbocycles. The first-order valence-electron chi connectivity index (χ1n) is 49.6. The maximum Gasteiger partial charge on any atom is 0.168 e. The molecule has 16 aromatic carbocycles. The van der Waals surface area contributed by atoms with Crippen molar-refractivity contribution < 1.29 is 22.1 Å². The van der Waals surface area contributed by atoms with Gasteiger partial charge in [0, 0.05) is 149 Å². The largest absolute Gasteiger partial charge is 0.464 e. The number of hydrogen-bond donors (Lipinski definition) is 0. The highest BCUT2D eigenvalue weighted by molar-refractivity contribution is 6.23. The van der Waals surface area contributed by atoms with Crippen molar-refractivity contribution in [3.63, 3.8) is 0 Å². The monoisotopic (exact) mass is 1920 g/mol. The summed E-state index contributed by atoms with van der Waals surface area (Å²) in [7, 11) is 0. The molecule has 18 heteroatoms. The second-order valence-corrected chi connectivity index (χ2v) is 37.1. The van der Waals surface area contributed by atoms with Gasteiger partial charge >= 0.3 is 0 Å². The molecular formula is C131H85N13O5. The lowest BCUT2D eigenvalue weighted by molar-refractivity contribution is 0.615. The molecule has 0 bridgehead atoms. The lowest BCUT2D eigenvalue weighted by Gasteiger charge is -2.12. The van der Waals surface area contributed by atoms with Crippen LogP contribution in [-0.4, -0.2) is 63.0 Å². The van der Waals surface area contributed by atoms with Crippen molar-refractivity contribution in [2.24, 2.45) is 0 Å². The van der Waals surface area contributed by atoms with Crippen molar-refractivity contribution >= 4 is 214 Å². The summed E-state index contributed by atoms with van der Waals surface area (Å²) >= 11 is 0. The van der Waals surface area contributed by atoms with E-state index in [1.165, 1.54) is 97.9 Å². The van der Waals surface area contributed by atoms with Crippen LogP contribution in [0, 0.1) is 0 Å². The van der Waals surface area contributed by atoms with E-state index in [9.17, 15) is 0 Å². The van der Waals surface area contributed by atoms with Crippen LogP contribution < -0.4 is 0 Å². The van der Waals surface area contributed by atoms with Crippen molar-refractivity contribution in [2.75, 3.05) is 0 Å². The van der Waals surface area contributed by atoms with Crippen LogP contribution in [0.1, 0.15) is 29.7 Å². The number of para-hydroxylation sites is 7. The first kappa shape index (κ1) is 86.5. The van der Waals surface area contributed by atoms with Crippen LogP contribution in [0.2, 0.25) is 0 Å². The van der Waals surface area contributed by atoms with Gasteiger partial charge in [0.1, 0.15) is 27.9 Å². The Morgan fingerprint density at radius 3 is 1.08 bits per heavy atom. The summed E-state index contributed by atoms with van der Waals surface area (Å²) in [5.74, 6) is 1.52. The highest BCUT2D eigenvalue weighted by atomic mass is 16.3. The van der Waals surface area contributed by atoms with Gasteiger partial charge in [-0.15, -0.1) is 15.3 Å². The highest BCUT2D eigenvalue weighted by Gasteiger charge is 2.26. The standard InChI is InChI=1S/C32H20N2O.C29H18N2O.C24H15N3O.C24H17N3O.C22H15N3O/c1-4-10-28-23(7-1)24-8-2-5-11-29(24)33(28)21-13-15-22(16-14-21)34-30-12-6-3-9-25(30)26-17-18-31-27(32(26)34)19-20-35-31;1-2-6-22-20(5-1)17-30-18-26(22)19-9-11-21(12-10-19)31-27-8-4-3-7-23(27)24-13-14-28-25(29(24)31)15-16-32-28;1-2-6-16(7-3-1)20-11-13-23(26-25-20)27-21-9-5-4-8-17(21)18-10-12-22-19(24(18)27)14-15-28-22;1-2-6-16(7-3-1)21-14-17(15-25-26-21)27-22-9-5-4-8-18(22)19-10-11-23-20(24(19)27)12-13-28-23;1-3-14-13-23-24-22(15(14)4-2)25-19-8-6-5-7-16(19)17-9-10-20-18(21(17)25)11-12-26-20/h1-20H;1-18H;1-15H;1-2,4-6,8-15H,3,7H2;3-13H,1-2H2. The van der Waals surface area contributed by atoms with Gasteiger partial charge in [0.05, 0.1) is 127 Å². The number of hydrogen-bond acceptors (Lipinski definition) is 12. The third-order valence-electron chi connectivity index (χ3n) is 29.1. The molecule has 15 aromatic heterocycles. The van der Waals surface area contributed by atoms with Gasteiger partial charge in [0.2, 0.25) is 0 Å². The number of aromatic nitrogens is 13. The SMILES string of the molecule is C1=CCCC(c2cc(-n3c4ccccc4c4ccc5occc5c43)cnn2)=C1.C=Cc1cnnc(-n2c3ccccc3c3ccc4occc4c32)c1C=C.c1ccc(-c2ccc(-n3c4ccccc4c4ccc5occc5c43)nn2)cc1.c1ccc2c(-c3ccc(-n4c5ccccc5c5ccc6occc6c54)cc3)cncc2c1.c1ccc2c(c1)c1ccccc1n2-c1ccc(-n2c3ccccc3c3ccc4occc4c32)cc1. The summed E-state index contributed by atoms with van der Waals surface area (Å²) in [6.07, 6.45) is 28.2. The first-order chi connectivity index (χ1) is 73.9. The Bertz CT molecular complexity index is 10800. The lowest BCUT2D eigenvalue weighted by Crippen LogP contribution is -2.03. The number of fused-ring (bicyclic) bond motifs is 29. The molecule has 149 heavy (non-hydrogen) atoms. The van der Waals surface area contributed by atoms with Gasteiger partial charge in [-0.05, 0) is 217 Å².